The molecular formula is C25H27Cl2NO. The molecule has 6 rings (SSSR count). The van der Waals surface area contributed by atoms with Gasteiger partial charge in [0, 0.05) is 27.9 Å². The number of hydrogen-bond acceptors (Lipinski definition) is 1. The molecule has 2 aromatic carbocycles. The lowest BCUT2D eigenvalue weighted by molar-refractivity contribution is -0.127. The molecule has 4 heteroatoms. The fraction of sp³-hybridized carbons (Fsp3) is 0.480. The van der Waals surface area contributed by atoms with E-state index < -0.39 is 0 Å². The van der Waals surface area contributed by atoms with Gasteiger partial charge in [0.1, 0.15) is 0 Å². The van der Waals surface area contributed by atoms with Crippen molar-refractivity contribution < 1.29 is 4.79 Å². The van der Waals surface area contributed by atoms with Crippen molar-refractivity contribution in [3.05, 3.63) is 69.7 Å². The normalized spacial score (nSPS) is 30.0. The van der Waals surface area contributed by atoms with Crippen LogP contribution in [0.25, 0.3) is 0 Å². The molecule has 0 spiro atoms. The summed E-state index contributed by atoms with van der Waals surface area (Å²) in [4.78, 5) is 13.3. The topological polar surface area (TPSA) is 29.1 Å². The van der Waals surface area contributed by atoms with Crippen LogP contribution in [0.3, 0.4) is 0 Å². The molecule has 152 valence electrons. The van der Waals surface area contributed by atoms with Gasteiger partial charge in [0.15, 0.2) is 0 Å². The molecule has 2 aromatic rings. The summed E-state index contributed by atoms with van der Waals surface area (Å²) in [5.74, 6) is 2.64. The molecule has 1 N–H and O–H groups in total. The number of nitrogens with one attached hydrogen (secondary N) is 1. The molecule has 0 atom stereocenters. The standard InChI is InChI=1S/C25H27Cl2NO/c26-21-5-1-19(2-6-21)23(20-3-7-22(27)8-4-20)12-24(29)28-25-13-16-9-17(14-25)11-18(10-16)15-25/h1-8,16-18,23H,9-15H2,(H,28,29). The summed E-state index contributed by atoms with van der Waals surface area (Å²) < 4.78 is 0. The van der Waals surface area contributed by atoms with E-state index in [0.29, 0.717) is 16.5 Å². The summed E-state index contributed by atoms with van der Waals surface area (Å²) >= 11 is 12.2. The van der Waals surface area contributed by atoms with Gasteiger partial charge in [0.2, 0.25) is 5.91 Å². The smallest absolute Gasteiger partial charge is 0.221 e. The highest BCUT2D eigenvalue weighted by molar-refractivity contribution is 6.30. The molecular weight excluding hydrogens is 401 g/mol. The third kappa shape index (κ3) is 4.07. The second kappa shape index (κ2) is 7.63. The Morgan fingerprint density at radius 1 is 0.828 bits per heavy atom. The van der Waals surface area contributed by atoms with Gasteiger partial charge in [-0.25, -0.2) is 0 Å². The molecule has 1 amide bonds. The van der Waals surface area contributed by atoms with E-state index in [0.717, 1.165) is 28.9 Å². The van der Waals surface area contributed by atoms with Crippen molar-refractivity contribution in [2.24, 2.45) is 17.8 Å². The van der Waals surface area contributed by atoms with Gasteiger partial charge in [-0.3, -0.25) is 4.79 Å². The Bertz CT molecular complexity index is 809. The van der Waals surface area contributed by atoms with Crippen LogP contribution in [0.15, 0.2) is 48.5 Å². The predicted molar refractivity (Wildman–Crippen MR) is 118 cm³/mol. The maximum atomic E-state index is 13.3. The van der Waals surface area contributed by atoms with Gasteiger partial charge in [-0.1, -0.05) is 47.5 Å². The fourth-order valence-electron chi connectivity index (χ4n) is 6.61. The Hall–Kier alpha value is -1.51. The first-order chi connectivity index (χ1) is 14.0. The van der Waals surface area contributed by atoms with Crippen LogP contribution in [0.4, 0.5) is 0 Å². The predicted octanol–water partition coefficient (Wildman–Crippen LogP) is 6.60. The van der Waals surface area contributed by atoms with Crippen LogP contribution in [-0.4, -0.2) is 11.4 Å². The highest BCUT2D eigenvalue weighted by Crippen LogP contribution is 2.55. The van der Waals surface area contributed by atoms with Gasteiger partial charge >= 0.3 is 0 Å². The van der Waals surface area contributed by atoms with E-state index in [-0.39, 0.29) is 17.4 Å². The van der Waals surface area contributed by atoms with E-state index in [4.69, 9.17) is 23.2 Å². The summed E-state index contributed by atoms with van der Waals surface area (Å²) in [7, 11) is 0. The molecule has 4 bridgehead atoms. The molecule has 2 nitrogen and oxygen atoms in total. The number of benzene rings is 2. The second-order valence-electron chi connectivity index (χ2n) is 9.61. The number of rotatable bonds is 5. The van der Waals surface area contributed by atoms with Crippen molar-refractivity contribution >= 4 is 29.1 Å². The first kappa shape index (κ1) is 19.5. The van der Waals surface area contributed by atoms with E-state index in [1.807, 2.05) is 48.5 Å². The maximum Gasteiger partial charge on any atom is 0.221 e. The summed E-state index contributed by atoms with van der Waals surface area (Å²) in [6.07, 6.45) is 8.13. The van der Waals surface area contributed by atoms with Crippen LogP contribution in [0.2, 0.25) is 10.0 Å². The average molecular weight is 428 g/mol. The Kier molecular flexibility index (Phi) is 5.12. The van der Waals surface area contributed by atoms with E-state index in [9.17, 15) is 4.79 Å². The van der Waals surface area contributed by atoms with Gasteiger partial charge in [-0.05, 0) is 91.7 Å². The van der Waals surface area contributed by atoms with Crippen LogP contribution in [0.5, 0.6) is 0 Å². The van der Waals surface area contributed by atoms with Gasteiger partial charge in [0.05, 0.1) is 0 Å². The molecule has 4 fully saturated rings. The Labute approximate surface area is 183 Å². The van der Waals surface area contributed by atoms with E-state index in [1.165, 1.54) is 38.5 Å². The highest BCUT2D eigenvalue weighted by atomic mass is 35.5. The Morgan fingerprint density at radius 3 is 1.66 bits per heavy atom. The zero-order chi connectivity index (χ0) is 20.0. The van der Waals surface area contributed by atoms with Crippen molar-refractivity contribution in [1.82, 2.24) is 5.32 Å². The second-order valence-corrected chi connectivity index (χ2v) is 10.5. The molecule has 29 heavy (non-hydrogen) atoms. The largest absolute Gasteiger partial charge is 0.351 e. The van der Waals surface area contributed by atoms with Crippen LogP contribution in [0.1, 0.15) is 62.0 Å². The van der Waals surface area contributed by atoms with Gasteiger partial charge in [-0.2, -0.15) is 0 Å². The molecule has 4 aliphatic carbocycles. The van der Waals surface area contributed by atoms with Crippen LogP contribution in [0, 0.1) is 17.8 Å². The summed E-state index contributed by atoms with van der Waals surface area (Å²) in [6.45, 7) is 0. The first-order valence-corrected chi connectivity index (χ1v) is 11.6. The SMILES string of the molecule is O=C(CC(c1ccc(Cl)cc1)c1ccc(Cl)cc1)NC12CC3CC(CC(C3)C1)C2. The van der Waals surface area contributed by atoms with E-state index in [1.54, 1.807) is 0 Å². The van der Waals surface area contributed by atoms with Crippen LogP contribution in [-0.2, 0) is 4.79 Å². The zero-order valence-electron chi connectivity index (χ0n) is 16.5. The number of amides is 1. The lowest BCUT2D eigenvalue weighted by Gasteiger charge is -2.57. The molecule has 0 aliphatic heterocycles. The minimum atomic E-state index is -0.00144. The quantitative estimate of drug-likeness (QED) is 0.571. The van der Waals surface area contributed by atoms with Crippen molar-refractivity contribution in [1.29, 1.82) is 0 Å². The molecule has 0 unspecified atom stereocenters. The van der Waals surface area contributed by atoms with Gasteiger partial charge in [-0.15, -0.1) is 0 Å². The summed E-state index contributed by atoms with van der Waals surface area (Å²) in [5.41, 5.74) is 2.27. The first-order valence-electron chi connectivity index (χ1n) is 10.8. The molecule has 0 aromatic heterocycles. The summed E-state index contributed by atoms with van der Waals surface area (Å²) in [5, 5.41) is 4.95. The monoisotopic (exact) mass is 427 g/mol. The molecule has 0 heterocycles. The van der Waals surface area contributed by atoms with E-state index >= 15 is 0 Å². The molecule has 0 saturated heterocycles. The highest BCUT2D eigenvalue weighted by Gasteiger charge is 2.51. The van der Waals surface area contributed by atoms with Gasteiger partial charge < -0.3 is 5.32 Å². The van der Waals surface area contributed by atoms with Crippen molar-refractivity contribution in [2.45, 2.75) is 56.4 Å². The lowest BCUT2D eigenvalue weighted by atomic mass is 9.53. The minimum absolute atomic E-state index is 0.00144. The van der Waals surface area contributed by atoms with Crippen LogP contribution < -0.4 is 5.32 Å². The number of carbonyl (C=O) groups excluding carboxylic acids is 1. The van der Waals surface area contributed by atoms with Crippen molar-refractivity contribution in [3.8, 4) is 0 Å². The molecule has 4 aliphatic rings. The van der Waals surface area contributed by atoms with Crippen molar-refractivity contribution in [3.63, 3.8) is 0 Å². The number of halogens is 2. The third-order valence-electron chi connectivity index (χ3n) is 7.38. The number of hydrogen-bond donors (Lipinski definition) is 1. The minimum Gasteiger partial charge on any atom is -0.351 e. The third-order valence-corrected chi connectivity index (χ3v) is 7.88. The zero-order valence-corrected chi connectivity index (χ0v) is 18.1. The van der Waals surface area contributed by atoms with Crippen LogP contribution >= 0.6 is 23.2 Å². The van der Waals surface area contributed by atoms with Crippen molar-refractivity contribution in [2.75, 3.05) is 0 Å². The average Bonchev–Trinajstić information content (AvgIpc) is 2.66. The van der Waals surface area contributed by atoms with Gasteiger partial charge in [0.25, 0.3) is 0 Å². The number of carbonyl (C=O) groups is 1. The molecule has 4 saturated carbocycles. The Balaban J connectivity index is 1.36. The molecule has 0 radical (unpaired) electrons. The van der Waals surface area contributed by atoms with E-state index in [2.05, 4.69) is 5.32 Å². The fourth-order valence-corrected chi connectivity index (χ4v) is 6.87. The lowest BCUT2D eigenvalue weighted by Crippen LogP contribution is -2.59. The Morgan fingerprint density at radius 2 is 1.24 bits per heavy atom. The summed E-state index contributed by atoms with van der Waals surface area (Å²) in [6, 6.07) is 15.7. The maximum absolute atomic E-state index is 13.3.